The highest BCUT2D eigenvalue weighted by Crippen LogP contribution is 2.13. The number of piperazine rings is 1. The van der Waals surface area contributed by atoms with Gasteiger partial charge in [0.2, 0.25) is 5.95 Å². The highest BCUT2D eigenvalue weighted by atomic mass is 127. The lowest BCUT2D eigenvalue weighted by Crippen LogP contribution is -2.53. The number of anilines is 1. The van der Waals surface area contributed by atoms with Gasteiger partial charge in [0.1, 0.15) is 0 Å². The fourth-order valence-corrected chi connectivity index (χ4v) is 3.22. The van der Waals surface area contributed by atoms with Crippen molar-refractivity contribution >= 4 is 35.9 Å². The summed E-state index contributed by atoms with van der Waals surface area (Å²) in [5, 5.41) is 3.43. The van der Waals surface area contributed by atoms with E-state index < -0.39 is 0 Å². The molecule has 29 heavy (non-hydrogen) atoms. The van der Waals surface area contributed by atoms with Crippen molar-refractivity contribution in [3.63, 3.8) is 0 Å². The summed E-state index contributed by atoms with van der Waals surface area (Å²) < 4.78 is 5.59. The molecule has 0 saturated carbocycles. The zero-order chi connectivity index (χ0) is 19.6. The monoisotopic (exact) mass is 510 g/mol. The van der Waals surface area contributed by atoms with Gasteiger partial charge in [0.25, 0.3) is 0 Å². The summed E-state index contributed by atoms with van der Waals surface area (Å²) in [6.45, 7) is 10.5. The van der Waals surface area contributed by atoms with E-state index in [-0.39, 0.29) is 24.0 Å². The van der Waals surface area contributed by atoms with E-state index in [4.69, 9.17) is 9.73 Å². The van der Waals surface area contributed by atoms with E-state index in [2.05, 4.69) is 56.3 Å². The predicted molar refractivity (Wildman–Crippen MR) is 128 cm³/mol. The van der Waals surface area contributed by atoms with Crippen LogP contribution in [0.4, 0.5) is 5.95 Å². The normalized spacial score (nSPS) is 14.5. The molecule has 0 spiro atoms. The van der Waals surface area contributed by atoms with Crippen LogP contribution in [0.5, 0.6) is 0 Å². The van der Waals surface area contributed by atoms with Crippen LogP contribution in [0.2, 0.25) is 0 Å². The van der Waals surface area contributed by atoms with Crippen molar-refractivity contribution in [1.29, 1.82) is 0 Å². The topological polar surface area (TPSA) is 65.9 Å². The van der Waals surface area contributed by atoms with Crippen molar-refractivity contribution in [2.75, 3.05) is 44.2 Å². The van der Waals surface area contributed by atoms with Gasteiger partial charge in [0, 0.05) is 51.7 Å². The Balaban J connectivity index is 0.00000300. The van der Waals surface area contributed by atoms with Gasteiger partial charge in [-0.3, -0.25) is 0 Å². The summed E-state index contributed by atoms with van der Waals surface area (Å²) >= 11 is 0. The largest absolute Gasteiger partial charge is 0.377 e. The van der Waals surface area contributed by atoms with Crippen molar-refractivity contribution in [2.24, 2.45) is 4.99 Å². The number of nitrogens with zero attached hydrogens (tertiary/aromatic N) is 5. The third kappa shape index (κ3) is 6.81. The lowest BCUT2D eigenvalue weighted by atomic mass is 10.1. The molecule has 2 aromatic rings. The fourth-order valence-electron chi connectivity index (χ4n) is 3.22. The van der Waals surface area contributed by atoms with E-state index in [1.165, 1.54) is 11.1 Å². The number of halogens is 1. The Morgan fingerprint density at radius 3 is 2.38 bits per heavy atom. The number of aliphatic imine (C=N–C) groups is 1. The Morgan fingerprint density at radius 1 is 1.03 bits per heavy atom. The molecule has 1 aromatic carbocycles. The summed E-state index contributed by atoms with van der Waals surface area (Å²) in [6.07, 6.45) is 3.58. The van der Waals surface area contributed by atoms with Crippen molar-refractivity contribution in [3.8, 4) is 0 Å². The summed E-state index contributed by atoms with van der Waals surface area (Å²) in [6, 6.07) is 10.2. The maximum Gasteiger partial charge on any atom is 0.225 e. The third-order valence-electron chi connectivity index (χ3n) is 4.73. The number of hydrogen-bond acceptors (Lipinski definition) is 5. The van der Waals surface area contributed by atoms with Gasteiger partial charge in [0.05, 0.1) is 13.2 Å². The van der Waals surface area contributed by atoms with Crippen LogP contribution in [-0.2, 0) is 17.9 Å². The van der Waals surface area contributed by atoms with Gasteiger partial charge in [-0.1, -0.05) is 24.3 Å². The quantitative estimate of drug-likeness (QED) is 0.351. The van der Waals surface area contributed by atoms with E-state index in [0.717, 1.165) is 51.2 Å². The van der Waals surface area contributed by atoms with Crippen LogP contribution in [0.15, 0.2) is 47.7 Å². The molecule has 0 radical (unpaired) electrons. The van der Waals surface area contributed by atoms with Crippen LogP contribution in [0.3, 0.4) is 0 Å². The van der Waals surface area contributed by atoms with Crippen LogP contribution in [0.1, 0.15) is 25.0 Å². The van der Waals surface area contributed by atoms with Gasteiger partial charge in [-0.05, 0) is 31.0 Å². The SMILES string of the molecule is CCNC(=NCc1ccccc1COCC)N1CCN(c2ncccn2)CC1.I. The van der Waals surface area contributed by atoms with Crippen molar-refractivity contribution in [1.82, 2.24) is 20.2 Å². The molecule has 1 fully saturated rings. The number of rotatable bonds is 7. The average molecular weight is 510 g/mol. The van der Waals surface area contributed by atoms with Gasteiger partial charge >= 0.3 is 0 Å². The molecule has 158 valence electrons. The smallest absolute Gasteiger partial charge is 0.225 e. The molecule has 1 aliphatic heterocycles. The average Bonchev–Trinajstić information content (AvgIpc) is 2.76. The Bertz CT molecular complexity index is 750. The molecule has 0 aliphatic carbocycles. The van der Waals surface area contributed by atoms with Crippen LogP contribution < -0.4 is 10.2 Å². The zero-order valence-electron chi connectivity index (χ0n) is 17.3. The number of benzene rings is 1. The Hall–Kier alpha value is -1.94. The first-order valence-corrected chi connectivity index (χ1v) is 10.0. The highest BCUT2D eigenvalue weighted by Gasteiger charge is 2.21. The molecule has 0 amide bonds. The highest BCUT2D eigenvalue weighted by molar-refractivity contribution is 14.0. The molecule has 1 saturated heterocycles. The predicted octanol–water partition coefficient (Wildman–Crippen LogP) is 2.92. The van der Waals surface area contributed by atoms with Crippen LogP contribution in [0.25, 0.3) is 0 Å². The summed E-state index contributed by atoms with van der Waals surface area (Å²) in [5.41, 5.74) is 2.41. The van der Waals surface area contributed by atoms with Crippen molar-refractivity contribution in [2.45, 2.75) is 27.0 Å². The molecule has 0 bridgehead atoms. The maximum atomic E-state index is 5.59. The summed E-state index contributed by atoms with van der Waals surface area (Å²) in [4.78, 5) is 18.1. The van der Waals surface area contributed by atoms with E-state index in [0.29, 0.717) is 13.2 Å². The lowest BCUT2D eigenvalue weighted by molar-refractivity contribution is 0.133. The lowest BCUT2D eigenvalue weighted by Gasteiger charge is -2.36. The van der Waals surface area contributed by atoms with E-state index in [1.54, 1.807) is 12.4 Å². The molecule has 1 aliphatic rings. The second-order valence-corrected chi connectivity index (χ2v) is 6.60. The van der Waals surface area contributed by atoms with E-state index in [1.807, 2.05) is 13.0 Å². The van der Waals surface area contributed by atoms with Gasteiger partial charge < -0.3 is 19.9 Å². The molecular formula is C21H31IN6O. The summed E-state index contributed by atoms with van der Waals surface area (Å²) in [5.74, 6) is 1.76. The second kappa shape index (κ2) is 12.6. The Labute approximate surface area is 190 Å². The van der Waals surface area contributed by atoms with Gasteiger partial charge in [-0.2, -0.15) is 0 Å². The number of hydrogen-bond donors (Lipinski definition) is 1. The molecule has 1 N–H and O–H groups in total. The van der Waals surface area contributed by atoms with E-state index in [9.17, 15) is 0 Å². The molecule has 3 rings (SSSR count). The minimum absolute atomic E-state index is 0. The molecule has 0 atom stereocenters. The first-order chi connectivity index (χ1) is 13.8. The van der Waals surface area contributed by atoms with Gasteiger partial charge in [-0.15, -0.1) is 24.0 Å². The van der Waals surface area contributed by atoms with Gasteiger partial charge in [0.15, 0.2) is 5.96 Å². The first-order valence-electron chi connectivity index (χ1n) is 10.0. The third-order valence-corrected chi connectivity index (χ3v) is 4.73. The minimum atomic E-state index is 0. The zero-order valence-corrected chi connectivity index (χ0v) is 19.6. The standard InChI is InChI=1S/C21H30N6O.HI/c1-3-22-20(25-16-18-8-5-6-9-19(18)17-28-4-2)26-12-14-27(15-13-26)21-23-10-7-11-24-21;/h5-11H,3-4,12-17H2,1-2H3,(H,22,25);1H. The molecule has 0 unspecified atom stereocenters. The number of aromatic nitrogens is 2. The van der Waals surface area contributed by atoms with Crippen LogP contribution >= 0.6 is 24.0 Å². The molecular weight excluding hydrogens is 479 g/mol. The van der Waals surface area contributed by atoms with Crippen LogP contribution in [-0.4, -0.2) is 60.2 Å². The molecule has 8 heteroatoms. The van der Waals surface area contributed by atoms with Crippen molar-refractivity contribution in [3.05, 3.63) is 53.9 Å². The van der Waals surface area contributed by atoms with Crippen molar-refractivity contribution < 1.29 is 4.74 Å². The Kier molecular flexibility index (Phi) is 10.1. The van der Waals surface area contributed by atoms with Gasteiger partial charge in [-0.25, -0.2) is 15.0 Å². The molecule has 2 heterocycles. The second-order valence-electron chi connectivity index (χ2n) is 6.60. The number of guanidine groups is 1. The number of nitrogens with one attached hydrogen (secondary N) is 1. The summed E-state index contributed by atoms with van der Waals surface area (Å²) in [7, 11) is 0. The Morgan fingerprint density at radius 2 is 1.72 bits per heavy atom. The molecule has 7 nitrogen and oxygen atoms in total. The first kappa shape index (κ1) is 23.3. The molecule has 1 aromatic heterocycles. The van der Waals surface area contributed by atoms with E-state index >= 15 is 0 Å². The fraction of sp³-hybridized carbons (Fsp3) is 0.476. The minimum Gasteiger partial charge on any atom is -0.377 e. The van der Waals surface area contributed by atoms with Crippen LogP contribution in [0, 0.1) is 0 Å². The maximum absolute atomic E-state index is 5.59. The number of ether oxygens (including phenoxy) is 1.